The van der Waals surface area contributed by atoms with Gasteiger partial charge in [-0.05, 0) is 31.0 Å². The van der Waals surface area contributed by atoms with Crippen LogP contribution in [0.1, 0.15) is 16.8 Å². The van der Waals surface area contributed by atoms with Crippen LogP contribution in [0, 0.1) is 6.92 Å². The van der Waals surface area contributed by atoms with Gasteiger partial charge in [-0.15, -0.1) is 6.58 Å². The van der Waals surface area contributed by atoms with Gasteiger partial charge in [-0.25, -0.2) is 5.43 Å². The van der Waals surface area contributed by atoms with Crippen molar-refractivity contribution in [2.75, 3.05) is 0 Å². The van der Waals surface area contributed by atoms with Gasteiger partial charge in [0.1, 0.15) is 12.3 Å². The van der Waals surface area contributed by atoms with Gasteiger partial charge in [-0.1, -0.05) is 18.2 Å². The van der Waals surface area contributed by atoms with Gasteiger partial charge in [0.05, 0.1) is 6.21 Å². The molecule has 1 aromatic carbocycles. The molecular formula is C16H18N4O2. The van der Waals surface area contributed by atoms with Gasteiger partial charge in [0.2, 0.25) is 0 Å². The fourth-order valence-corrected chi connectivity index (χ4v) is 1.95. The van der Waals surface area contributed by atoms with Gasteiger partial charge in [-0.3, -0.25) is 9.48 Å². The van der Waals surface area contributed by atoms with Gasteiger partial charge < -0.3 is 5.11 Å². The molecule has 114 valence electrons. The van der Waals surface area contributed by atoms with Crippen molar-refractivity contribution in [3.63, 3.8) is 0 Å². The van der Waals surface area contributed by atoms with Crippen molar-refractivity contribution in [1.29, 1.82) is 0 Å². The number of aromatic hydroxyl groups is 1. The lowest BCUT2D eigenvalue weighted by molar-refractivity contribution is -0.121. The Labute approximate surface area is 128 Å². The maximum Gasteiger partial charge on any atom is 0.261 e. The highest BCUT2D eigenvalue weighted by molar-refractivity contribution is 5.85. The first kappa shape index (κ1) is 15.5. The van der Waals surface area contributed by atoms with Crippen LogP contribution in [0.5, 0.6) is 5.75 Å². The molecule has 0 aliphatic rings. The smallest absolute Gasteiger partial charge is 0.261 e. The topological polar surface area (TPSA) is 79.5 Å². The van der Waals surface area contributed by atoms with Crippen LogP contribution in [0.2, 0.25) is 0 Å². The van der Waals surface area contributed by atoms with E-state index in [-0.39, 0.29) is 18.2 Å². The Balaban J connectivity index is 1.98. The molecule has 0 spiro atoms. The number of nitrogens with one attached hydrogen (secondary N) is 1. The van der Waals surface area contributed by atoms with Crippen LogP contribution in [0.3, 0.4) is 0 Å². The Morgan fingerprint density at radius 3 is 3.00 bits per heavy atom. The first-order valence-electron chi connectivity index (χ1n) is 6.84. The summed E-state index contributed by atoms with van der Waals surface area (Å²) < 4.78 is 1.58. The van der Waals surface area contributed by atoms with E-state index < -0.39 is 0 Å². The summed E-state index contributed by atoms with van der Waals surface area (Å²) in [6.07, 6.45) is 5.33. The first-order valence-corrected chi connectivity index (χ1v) is 6.84. The lowest BCUT2D eigenvalue weighted by Gasteiger charge is -2.05. The van der Waals surface area contributed by atoms with Gasteiger partial charge in [0, 0.05) is 17.5 Å². The molecule has 0 atom stereocenters. The number of allylic oxidation sites excluding steroid dienone is 1. The lowest BCUT2D eigenvalue weighted by Crippen LogP contribution is -2.24. The number of carbonyl (C=O) groups excluding carboxylic acids is 1. The molecule has 0 unspecified atom stereocenters. The minimum Gasteiger partial charge on any atom is -0.507 e. The standard InChI is InChI=1S/C16H18N4O2/c1-3-5-13-6-4-7-14(16(13)22)10-17-19-15(21)11-20-12(2)8-9-18-20/h3-4,6-10,22H,1,5,11H2,2H3,(H,19,21)/b17-10-. The van der Waals surface area contributed by atoms with Gasteiger partial charge in [-0.2, -0.15) is 10.2 Å². The maximum atomic E-state index is 11.7. The number of hydrogen-bond acceptors (Lipinski definition) is 4. The van der Waals surface area contributed by atoms with E-state index in [4.69, 9.17) is 0 Å². The molecule has 0 aliphatic carbocycles. The van der Waals surface area contributed by atoms with Gasteiger partial charge in [0.15, 0.2) is 0 Å². The number of aryl methyl sites for hydroxylation is 1. The number of hydrazone groups is 1. The molecule has 0 saturated carbocycles. The molecule has 6 heteroatoms. The quantitative estimate of drug-likeness (QED) is 0.484. The number of benzene rings is 1. The number of aromatic nitrogens is 2. The van der Waals surface area contributed by atoms with E-state index in [0.29, 0.717) is 12.0 Å². The number of phenols is 1. The van der Waals surface area contributed by atoms with Crippen LogP contribution in [0.4, 0.5) is 0 Å². The Morgan fingerprint density at radius 2 is 2.32 bits per heavy atom. The van der Waals surface area contributed by atoms with E-state index in [1.165, 1.54) is 6.21 Å². The zero-order chi connectivity index (χ0) is 15.9. The van der Waals surface area contributed by atoms with E-state index in [1.807, 2.05) is 25.1 Å². The second-order valence-electron chi connectivity index (χ2n) is 4.77. The minimum atomic E-state index is -0.287. The number of phenolic OH excluding ortho intramolecular Hbond substituents is 1. The third-order valence-corrected chi connectivity index (χ3v) is 3.13. The summed E-state index contributed by atoms with van der Waals surface area (Å²) in [5.74, 6) is -0.145. The summed E-state index contributed by atoms with van der Waals surface area (Å²) in [5.41, 5.74) is 4.61. The molecule has 0 fully saturated rings. The van der Waals surface area contributed by atoms with Crippen LogP contribution >= 0.6 is 0 Å². The first-order chi connectivity index (χ1) is 10.6. The second-order valence-corrected chi connectivity index (χ2v) is 4.77. The van der Waals surface area contributed by atoms with Crippen LogP contribution in [0.25, 0.3) is 0 Å². The highest BCUT2D eigenvalue weighted by Crippen LogP contribution is 2.21. The molecule has 2 N–H and O–H groups in total. The fourth-order valence-electron chi connectivity index (χ4n) is 1.95. The van der Waals surface area contributed by atoms with Crippen molar-refractivity contribution < 1.29 is 9.90 Å². The van der Waals surface area contributed by atoms with Crippen molar-refractivity contribution in [3.8, 4) is 5.75 Å². The highest BCUT2D eigenvalue weighted by Gasteiger charge is 2.05. The molecule has 2 rings (SSSR count). The van der Waals surface area contributed by atoms with Gasteiger partial charge in [0.25, 0.3) is 5.91 Å². The third-order valence-electron chi connectivity index (χ3n) is 3.13. The molecule has 2 aromatic rings. The molecule has 0 radical (unpaired) electrons. The van der Waals surface area contributed by atoms with Crippen LogP contribution < -0.4 is 5.43 Å². The largest absolute Gasteiger partial charge is 0.507 e. The SMILES string of the molecule is C=CCc1cccc(/C=N\NC(=O)Cn2nccc2C)c1O. The van der Waals surface area contributed by atoms with E-state index in [2.05, 4.69) is 22.2 Å². The number of amides is 1. The monoisotopic (exact) mass is 298 g/mol. The van der Waals surface area contributed by atoms with Crippen LogP contribution in [-0.4, -0.2) is 27.0 Å². The fraction of sp³-hybridized carbons (Fsp3) is 0.188. The number of nitrogens with zero attached hydrogens (tertiary/aromatic N) is 3. The van der Waals surface area contributed by atoms with Gasteiger partial charge >= 0.3 is 0 Å². The Kier molecular flexibility index (Phi) is 5.08. The number of para-hydroxylation sites is 1. The molecule has 6 nitrogen and oxygen atoms in total. The van der Waals surface area contributed by atoms with Crippen LogP contribution in [0.15, 0.2) is 48.2 Å². The maximum absolute atomic E-state index is 11.7. The summed E-state index contributed by atoms with van der Waals surface area (Å²) >= 11 is 0. The normalized spacial score (nSPS) is 10.8. The molecule has 1 heterocycles. The molecule has 0 bridgehead atoms. The average Bonchev–Trinajstić information content (AvgIpc) is 2.88. The highest BCUT2D eigenvalue weighted by atomic mass is 16.3. The predicted octanol–water partition coefficient (Wildman–Crippen LogP) is 1.78. The number of carbonyl (C=O) groups is 1. The Hall–Kier alpha value is -2.89. The average molecular weight is 298 g/mol. The number of hydrogen-bond donors (Lipinski definition) is 2. The minimum absolute atomic E-state index is 0.0959. The zero-order valence-corrected chi connectivity index (χ0v) is 12.4. The van der Waals surface area contributed by atoms with E-state index >= 15 is 0 Å². The molecule has 22 heavy (non-hydrogen) atoms. The van der Waals surface area contributed by atoms with E-state index in [9.17, 15) is 9.90 Å². The van der Waals surface area contributed by atoms with Crippen molar-refractivity contribution in [1.82, 2.24) is 15.2 Å². The summed E-state index contributed by atoms with van der Waals surface area (Å²) in [4.78, 5) is 11.7. The van der Waals surface area contributed by atoms with Crippen molar-refractivity contribution in [2.24, 2.45) is 5.10 Å². The van der Waals surface area contributed by atoms with E-state index in [1.54, 1.807) is 23.0 Å². The summed E-state index contributed by atoms with van der Waals surface area (Å²) in [6, 6.07) is 7.16. The predicted molar refractivity (Wildman–Crippen MR) is 84.7 cm³/mol. The molecule has 1 aromatic heterocycles. The van der Waals surface area contributed by atoms with E-state index in [0.717, 1.165) is 11.3 Å². The lowest BCUT2D eigenvalue weighted by atomic mass is 10.1. The third kappa shape index (κ3) is 3.82. The molecule has 0 aliphatic heterocycles. The van der Waals surface area contributed by atoms with Crippen molar-refractivity contribution in [3.05, 3.63) is 59.9 Å². The Bertz CT molecular complexity index is 704. The molecule has 1 amide bonds. The Morgan fingerprint density at radius 1 is 1.50 bits per heavy atom. The van der Waals surface area contributed by atoms with Crippen LogP contribution in [-0.2, 0) is 17.8 Å². The second kappa shape index (κ2) is 7.21. The summed E-state index contributed by atoms with van der Waals surface area (Å²) in [7, 11) is 0. The zero-order valence-electron chi connectivity index (χ0n) is 12.4. The van der Waals surface area contributed by atoms with Crippen molar-refractivity contribution >= 4 is 12.1 Å². The molecular weight excluding hydrogens is 280 g/mol. The summed E-state index contributed by atoms with van der Waals surface area (Å²) in [5, 5.41) is 17.9. The molecule has 0 saturated heterocycles. The number of rotatable bonds is 6. The van der Waals surface area contributed by atoms with Crippen molar-refractivity contribution in [2.45, 2.75) is 19.9 Å². The summed E-state index contributed by atoms with van der Waals surface area (Å²) in [6.45, 7) is 5.61.